The van der Waals surface area contributed by atoms with Crippen molar-refractivity contribution in [3.63, 3.8) is 0 Å². The Bertz CT molecular complexity index is 494. The number of nitrogens with zero attached hydrogens (tertiary/aromatic N) is 1. The summed E-state index contributed by atoms with van der Waals surface area (Å²) in [7, 11) is 0. The first-order chi connectivity index (χ1) is 6.86. The van der Waals surface area contributed by atoms with Crippen LogP contribution in [0.4, 0.5) is 5.69 Å². The van der Waals surface area contributed by atoms with Gasteiger partial charge in [0.05, 0.1) is 0 Å². The molecular weight excluding hydrogens is 174 g/mol. The second-order valence-electron chi connectivity index (χ2n) is 2.90. The Kier molecular flexibility index (Phi) is 2.19. The third kappa shape index (κ3) is 1.25. The smallest absolute Gasteiger partial charge is 0.153 e. The van der Waals surface area contributed by atoms with Crippen molar-refractivity contribution in [3.05, 3.63) is 36.6 Å². The predicted molar refractivity (Wildman–Crippen MR) is 60.1 cm³/mol. The van der Waals surface area contributed by atoms with Crippen molar-refractivity contribution in [2.24, 2.45) is 4.99 Å². The Morgan fingerprint density at radius 1 is 1.36 bits per heavy atom. The number of fused-ring (bicyclic) bond motifs is 1. The van der Waals surface area contributed by atoms with Gasteiger partial charge < -0.3 is 4.42 Å². The van der Waals surface area contributed by atoms with Crippen LogP contribution >= 0.6 is 0 Å². The molecule has 0 aliphatic heterocycles. The lowest BCUT2D eigenvalue weighted by Crippen LogP contribution is -1.66. The minimum absolute atomic E-state index is 0.726. The van der Waals surface area contributed by atoms with Crippen LogP contribution in [0.15, 0.2) is 40.3 Å². The molecule has 14 heavy (non-hydrogen) atoms. The number of aliphatic imine (C=N–C) groups is 1. The van der Waals surface area contributed by atoms with Crippen molar-refractivity contribution < 1.29 is 4.42 Å². The van der Waals surface area contributed by atoms with E-state index < -0.39 is 0 Å². The highest BCUT2D eigenvalue weighted by molar-refractivity contribution is 5.94. The molecular formula is C12H11NO. The minimum atomic E-state index is 0.726. The van der Waals surface area contributed by atoms with Gasteiger partial charge in [0.2, 0.25) is 0 Å². The number of para-hydroxylation sites is 1. The summed E-state index contributed by atoms with van der Waals surface area (Å²) >= 11 is 0. The molecule has 0 radical (unpaired) electrons. The lowest BCUT2D eigenvalue weighted by atomic mass is 10.2. The highest BCUT2D eigenvalue weighted by Crippen LogP contribution is 2.33. The van der Waals surface area contributed by atoms with Crippen LogP contribution < -0.4 is 0 Å². The second-order valence-corrected chi connectivity index (χ2v) is 2.90. The van der Waals surface area contributed by atoms with Gasteiger partial charge in [-0.05, 0) is 25.1 Å². The molecule has 0 spiro atoms. The van der Waals surface area contributed by atoms with Crippen molar-refractivity contribution in [2.45, 2.75) is 6.92 Å². The molecule has 1 heterocycles. The van der Waals surface area contributed by atoms with Crippen LogP contribution in [0.5, 0.6) is 0 Å². The number of benzene rings is 1. The van der Waals surface area contributed by atoms with Gasteiger partial charge in [-0.3, -0.25) is 4.99 Å². The summed E-state index contributed by atoms with van der Waals surface area (Å²) in [5.41, 5.74) is 1.71. The summed E-state index contributed by atoms with van der Waals surface area (Å²) < 4.78 is 5.57. The summed E-state index contributed by atoms with van der Waals surface area (Å²) in [6.07, 6.45) is 3.44. The maximum absolute atomic E-state index is 5.57. The van der Waals surface area contributed by atoms with Gasteiger partial charge >= 0.3 is 0 Å². The van der Waals surface area contributed by atoms with E-state index in [1.807, 2.05) is 31.2 Å². The summed E-state index contributed by atoms with van der Waals surface area (Å²) in [4.78, 5) is 4.28. The van der Waals surface area contributed by atoms with E-state index in [-0.39, 0.29) is 0 Å². The third-order valence-corrected chi connectivity index (χ3v) is 2.04. The lowest BCUT2D eigenvalue weighted by Gasteiger charge is -1.88. The molecule has 0 unspecified atom stereocenters. The van der Waals surface area contributed by atoms with Gasteiger partial charge in [0.15, 0.2) is 5.76 Å². The number of hydrogen-bond acceptors (Lipinski definition) is 2. The number of furan rings is 1. The van der Waals surface area contributed by atoms with Crippen LogP contribution in [0, 0.1) is 0 Å². The van der Waals surface area contributed by atoms with Gasteiger partial charge in [0, 0.05) is 11.6 Å². The van der Waals surface area contributed by atoms with Crippen molar-refractivity contribution in [1.82, 2.24) is 0 Å². The van der Waals surface area contributed by atoms with E-state index in [1.54, 1.807) is 12.3 Å². The minimum Gasteiger partial charge on any atom is -0.454 e. The maximum Gasteiger partial charge on any atom is 0.153 e. The molecule has 2 rings (SSSR count). The van der Waals surface area contributed by atoms with Crippen LogP contribution in [0.2, 0.25) is 0 Å². The van der Waals surface area contributed by atoms with Crippen molar-refractivity contribution in [1.29, 1.82) is 0 Å². The summed E-state index contributed by atoms with van der Waals surface area (Å²) in [6, 6.07) is 7.84. The van der Waals surface area contributed by atoms with Crippen molar-refractivity contribution in [3.8, 4) is 0 Å². The van der Waals surface area contributed by atoms with Gasteiger partial charge in [-0.2, -0.15) is 0 Å². The summed E-state index contributed by atoms with van der Waals surface area (Å²) in [6.45, 7) is 5.59. The molecule has 0 saturated heterocycles. The average Bonchev–Trinajstić information content (AvgIpc) is 2.58. The fourth-order valence-corrected chi connectivity index (χ4v) is 1.45. The largest absolute Gasteiger partial charge is 0.454 e. The highest BCUT2D eigenvalue weighted by Gasteiger charge is 2.08. The predicted octanol–water partition coefficient (Wildman–Crippen LogP) is 3.80. The molecule has 0 fully saturated rings. The van der Waals surface area contributed by atoms with Gasteiger partial charge in [-0.25, -0.2) is 0 Å². The molecule has 70 valence electrons. The van der Waals surface area contributed by atoms with Crippen LogP contribution in [-0.2, 0) is 0 Å². The zero-order chi connectivity index (χ0) is 9.97. The molecule has 2 aromatic rings. The Morgan fingerprint density at radius 3 is 2.86 bits per heavy atom. The Labute approximate surface area is 82.6 Å². The van der Waals surface area contributed by atoms with Crippen LogP contribution in [0.1, 0.15) is 12.7 Å². The standard InChI is InChI=1S/C12H11NO/c1-3-10-12(13-4-2)9-7-5-6-8-11(9)14-10/h3-8H,1H2,2H3/b13-4-. The monoisotopic (exact) mass is 185 g/mol. The van der Waals surface area contributed by atoms with Gasteiger partial charge in [0.25, 0.3) is 0 Å². The van der Waals surface area contributed by atoms with E-state index in [4.69, 9.17) is 4.42 Å². The topological polar surface area (TPSA) is 25.5 Å². The lowest BCUT2D eigenvalue weighted by molar-refractivity contribution is 0.605. The molecule has 0 N–H and O–H groups in total. The van der Waals surface area contributed by atoms with E-state index in [0.717, 1.165) is 22.4 Å². The second kappa shape index (κ2) is 3.50. The molecule has 0 atom stereocenters. The molecule has 0 aliphatic carbocycles. The fraction of sp³-hybridized carbons (Fsp3) is 0.0833. The molecule has 0 aliphatic rings. The Balaban J connectivity index is 2.80. The van der Waals surface area contributed by atoms with Crippen LogP contribution in [-0.4, -0.2) is 6.21 Å². The van der Waals surface area contributed by atoms with E-state index in [1.165, 1.54) is 0 Å². The van der Waals surface area contributed by atoms with Crippen LogP contribution in [0.25, 0.3) is 17.0 Å². The fourth-order valence-electron chi connectivity index (χ4n) is 1.45. The molecule has 2 nitrogen and oxygen atoms in total. The van der Waals surface area contributed by atoms with E-state index in [2.05, 4.69) is 11.6 Å². The van der Waals surface area contributed by atoms with E-state index >= 15 is 0 Å². The highest BCUT2D eigenvalue weighted by atomic mass is 16.3. The van der Waals surface area contributed by atoms with E-state index in [0.29, 0.717) is 0 Å². The van der Waals surface area contributed by atoms with Crippen molar-refractivity contribution >= 4 is 28.9 Å². The van der Waals surface area contributed by atoms with Gasteiger partial charge in [-0.1, -0.05) is 18.7 Å². The molecule has 1 aromatic heterocycles. The van der Waals surface area contributed by atoms with Crippen LogP contribution in [0.3, 0.4) is 0 Å². The Hall–Kier alpha value is -1.83. The quantitative estimate of drug-likeness (QED) is 0.653. The zero-order valence-electron chi connectivity index (χ0n) is 8.03. The molecule has 1 aromatic carbocycles. The molecule has 0 bridgehead atoms. The first-order valence-electron chi connectivity index (χ1n) is 4.49. The first kappa shape index (κ1) is 8.75. The first-order valence-corrected chi connectivity index (χ1v) is 4.49. The number of rotatable bonds is 2. The maximum atomic E-state index is 5.57. The van der Waals surface area contributed by atoms with E-state index in [9.17, 15) is 0 Å². The average molecular weight is 185 g/mol. The SMILES string of the molecule is C=Cc1oc2ccccc2c1/N=C\C. The molecule has 2 heteroatoms. The normalized spacial score (nSPS) is 11.2. The molecule has 0 saturated carbocycles. The zero-order valence-corrected chi connectivity index (χ0v) is 8.03. The third-order valence-electron chi connectivity index (χ3n) is 2.04. The Morgan fingerprint density at radius 2 is 2.14 bits per heavy atom. The number of hydrogen-bond donors (Lipinski definition) is 0. The van der Waals surface area contributed by atoms with Crippen molar-refractivity contribution in [2.75, 3.05) is 0 Å². The molecule has 0 amide bonds. The van der Waals surface area contributed by atoms with Gasteiger partial charge in [0.1, 0.15) is 11.3 Å². The van der Waals surface area contributed by atoms with Gasteiger partial charge in [-0.15, -0.1) is 0 Å². The summed E-state index contributed by atoms with van der Waals surface area (Å²) in [5.74, 6) is 0.726. The summed E-state index contributed by atoms with van der Waals surface area (Å²) in [5, 5.41) is 1.03.